The molecule has 1 aliphatic rings. The summed E-state index contributed by atoms with van der Waals surface area (Å²) in [6, 6.07) is 18.2. The SMILES string of the molecule is O[C@@H]1c2ccccc2C=C[C@@H]1c1ccccc1. The van der Waals surface area contributed by atoms with Crippen LogP contribution in [0.15, 0.2) is 60.7 Å². The normalized spacial score (nSPS) is 22.2. The van der Waals surface area contributed by atoms with Gasteiger partial charge in [-0.1, -0.05) is 66.7 Å². The molecule has 0 unspecified atom stereocenters. The average Bonchev–Trinajstić information content (AvgIpc) is 2.40. The Hall–Kier alpha value is -1.86. The van der Waals surface area contributed by atoms with Gasteiger partial charge in [-0.05, 0) is 16.7 Å². The molecule has 3 rings (SSSR count). The highest BCUT2D eigenvalue weighted by molar-refractivity contribution is 5.59. The van der Waals surface area contributed by atoms with Crippen molar-refractivity contribution in [1.82, 2.24) is 0 Å². The molecule has 0 bridgehead atoms. The van der Waals surface area contributed by atoms with Crippen molar-refractivity contribution < 1.29 is 5.11 Å². The molecule has 0 aromatic heterocycles. The van der Waals surface area contributed by atoms with E-state index in [2.05, 4.69) is 24.3 Å². The summed E-state index contributed by atoms with van der Waals surface area (Å²) in [4.78, 5) is 0. The second-order valence-corrected chi connectivity index (χ2v) is 4.37. The van der Waals surface area contributed by atoms with Gasteiger partial charge in [0.15, 0.2) is 0 Å². The Morgan fingerprint density at radius 2 is 1.53 bits per heavy atom. The molecular formula is C16H14O. The summed E-state index contributed by atoms with van der Waals surface area (Å²) in [7, 11) is 0. The summed E-state index contributed by atoms with van der Waals surface area (Å²) in [5, 5.41) is 10.4. The molecule has 0 spiro atoms. The fourth-order valence-electron chi connectivity index (χ4n) is 2.41. The van der Waals surface area contributed by atoms with Crippen molar-refractivity contribution in [3.05, 3.63) is 77.4 Å². The molecule has 1 N–H and O–H groups in total. The zero-order valence-electron chi connectivity index (χ0n) is 9.45. The second-order valence-electron chi connectivity index (χ2n) is 4.37. The largest absolute Gasteiger partial charge is 0.387 e. The molecule has 1 aliphatic carbocycles. The van der Waals surface area contributed by atoms with Gasteiger partial charge in [-0.15, -0.1) is 0 Å². The van der Waals surface area contributed by atoms with Gasteiger partial charge in [-0.25, -0.2) is 0 Å². The Morgan fingerprint density at radius 1 is 0.824 bits per heavy atom. The van der Waals surface area contributed by atoms with Crippen LogP contribution in [0, 0.1) is 0 Å². The van der Waals surface area contributed by atoms with Gasteiger partial charge in [0.25, 0.3) is 0 Å². The molecule has 2 aromatic carbocycles. The number of aliphatic hydroxyl groups is 1. The zero-order valence-corrected chi connectivity index (χ0v) is 9.45. The molecule has 17 heavy (non-hydrogen) atoms. The average molecular weight is 222 g/mol. The van der Waals surface area contributed by atoms with Gasteiger partial charge in [0.1, 0.15) is 0 Å². The third-order valence-electron chi connectivity index (χ3n) is 3.32. The second kappa shape index (κ2) is 4.19. The van der Waals surface area contributed by atoms with Crippen LogP contribution in [0.5, 0.6) is 0 Å². The lowest BCUT2D eigenvalue weighted by Crippen LogP contribution is -2.13. The number of aliphatic hydroxyl groups excluding tert-OH is 1. The maximum Gasteiger partial charge on any atom is 0.0899 e. The number of benzene rings is 2. The summed E-state index contributed by atoms with van der Waals surface area (Å²) in [5.74, 6) is 0.0612. The third-order valence-corrected chi connectivity index (χ3v) is 3.32. The van der Waals surface area contributed by atoms with Crippen molar-refractivity contribution in [3.63, 3.8) is 0 Å². The standard InChI is InChI=1S/C16H14O/c17-16-14-9-5-4-8-13(14)10-11-15(16)12-6-2-1-3-7-12/h1-11,15-17H/t15-,16-/m1/s1. The van der Waals surface area contributed by atoms with Crippen molar-refractivity contribution >= 4 is 6.08 Å². The lowest BCUT2D eigenvalue weighted by atomic mass is 9.83. The Bertz CT molecular complexity index is 542. The number of hydrogen-bond donors (Lipinski definition) is 1. The Labute approximate surface area is 101 Å². The number of fused-ring (bicyclic) bond motifs is 1. The summed E-state index contributed by atoms with van der Waals surface area (Å²) in [6.07, 6.45) is 3.74. The van der Waals surface area contributed by atoms with Crippen LogP contribution in [0.2, 0.25) is 0 Å². The molecule has 0 saturated carbocycles. The first-order valence-electron chi connectivity index (χ1n) is 5.86. The summed E-state index contributed by atoms with van der Waals surface area (Å²) >= 11 is 0. The van der Waals surface area contributed by atoms with Crippen molar-refractivity contribution in [2.45, 2.75) is 12.0 Å². The van der Waals surface area contributed by atoms with Crippen molar-refractivity contribution in [2.24, 2.45) is 0 Å². The summed E-state index contributed by atoms with van der Waals surface area (Å²) in [5.41, 5.74) is 3.29. The third kappa shape index (κ3) is 1.79. The van der Waals surface area contributed by atoms with Gasteiger partial charge in [0.2, 0.25) is 0 Å². The topological polar surface area (TPSA) is 20.2 Å². The molecular weight excluding hydrogens is 208 g/mol. The molecule has 0 radical (unpaired) electrons. The van der Waals surface area contributed by atoms with E-state index in [9.17, 15) is 5.11 Å². The van der Waals surface area contributed by atoms with Gasteiger partial charge in [-0.2, -0.15) is 0 Å². The van der Waals surface area contributed by atoms with Crippen LogP contribution in [-0.4, -0.2) is 5.11 Å². The van der Waals surface area contributed by atoms with Crippen LogP contribution >= 0.6 is 0 Å². The number of rotatable bonds is 1. The predicted molar refractivity (Wildman–Crippen MR) is 69.6 cm³/mol. The van der Waals surface area contributed by atoms with Gasteiger partial charge < -0.3 is 5.11 Å². The van der Waals surface area contributed by atoms with E-state index in [4.69, 9.17) is 0 Å². The monoisotopic (exact) mass is 222 g/mol. The molecule has 2 atom stereocenters. The molecule has 0 saturated heterocycles. The zero-order chi connectivity index (χ0) is 11.7. The smallest absolute Gasteiger partial charge is 0.0899 e. The van der Waals surface area contributed by atoms with Crippen LogP contribution in [-0.2, 0) is 0 Å². The van der Waals surface area contributed by atoms with Crippen LogP contribution < -0.4 is 0 Å². The lowest BCUT2D eigenvalue weighted by Gasteiger charge is -2.26. The maximum absolute atomic E-state index is 10.4. The maximum atomic E-state index is 10.4. The van der Waals surface area contributed by atoms with Crippen LogP contribution in [0.25, 0.3) is 6.08 Å². The van der Waals surface area contributed by atoms with Crippen LogP contribution in [0.3, 0.4) is 0 Å². The van der Waals surface area contributed by atoms with E-state index < -0.39 is 6.10 Å². The minimum Gasteiger partial charge on any atom is -0.387 e. The van der Waals surface area contributed by atoms with Gasteiger partial charge in [0, 0.05) is 5.92 Å². The van der Waals surface area contributed by atoms with E-state index in [0.29, 0.717) is 0 Å². The molecule has 0 fully saturated rings. The minimum absolute atomic E-state index is 0.0612. The summed E-state index contributed by atoms with van der Waals surface area (Å²) < 4.78 is 0. The summed E-state index contributed by atoms with van der Waals surface area (Å²) in [6.45, 7) is 0. The molecule has 1 heteroatoms. The molecule has 0 heterocycles. The molecule has 0 aliphatic heterocycles. The molecule has 2 aromatic rings. The predicted octanol–water partition coefficient (Wildman–Crippen LogP) is 3.53. The molecule has 0 amide bonds. The van der Waals surface area contributed by atoms with Crippen molar-refractivity contribution in [1.29, 1.82) is 0 Å². The Morgan fingerprint density at radius 3 is 2.35 bits per heavy atom. The van der Waals surface area contributed by atoms with Crippen LogP contribution in [0.1, 0.15) is 28.7 Å². The van der Waals surface area contributed by atoms with E-state index in [1.807, 2.05) is 42.5 Å². The first-order chi connectivity index (χ1) is 8.36. The molecule has 1 nitrogen and oxygen atoms in total. The highest BCUT2D eigenvalue weighted by Crippen LogP contribution is 2.38. The lowest BCUT2D eigenvalue weighted by molar-refractivity contribution is 0.160. The Balaban J connectivity index is 2.03. The Kier molecular flexibility index (Phi) is 2.54. The minimum atomic E-state index is -0.446. The highest BCUT2D eigenvalue weighted by Gasteiger charge is 2.24. The first kappa shape index (κ1) is 10.3. The molecule has 84 valence electrons. The van der Waals surface area contributed by atoms with Crippen molar-refractivity contribution in [2.75, 3.05) is 0 Å². The van der Waals surface area contributed by atoms with E-state index in [-0.39, 0.29) is 5.92 Å². The van der Waals surface area contributed by atoms with E-state index >= 15 is 0 Å². The quantitative estimate of drug-likeness (QED) is 0.782. The van der Waals surface area contributed by atoms with Crippen LogP contribution in [0.4, 0.5) is 0 Å². The van der Waals surface area contributed by atoms with Gasteiger partial charge in [-0.3, -0.25) is 0 Å². The van der Waals surface area contributed by atoms with Gasteiger partial charge >= 0.3 is 0 Å². The van der Waals surface area contributed by atoms with Crippen molar-refractivity contribution in [3.8, 4) is 0 Å². The van der Waals surface area contributed by atoms with E-state index in [1.165, 1.54) is 0 Å². The number of hydrogen-bond acceptors (Lipinski definition) is 1. The fourth-order valence-corrected chi connectivity index (χ4v) is 2.41. The van der Waals surface area contributed by atoms with Gasteiger partial charge in [0.05, 0.1) is 6.10 Å². The first-order valence-corrected chi connectivity index (χ1v) is 5.86. The van der Waals surface area contributed by atoms with E-state index in [0.717, 1.165) is 16.7 Å². The highest BCUT2D eigenvalue weighted by atomic mass is 16.3. The fraction of sp³-hybridized carbons (Fsp3) is 0.125. The van der Waals surface area contributed by atoms with E-state index in [1.54, 1.807) is 0 Å².